The Kier molecular flexibility index (Phi) is 5.55. The SMILES string of the molecule is C=C(C)C(=O)Oc1ccc2ccc3c(c2c1)N=CC1(O3)N(Cc2ccccc2)c2cc3ccccc3cc2C1(C)C. The molecular weight excluding hydrogens is 508 g/mol. The van der Waals surface area contributed by atoms with Crippen molar-refractivity contribution in [3.8, 4) is 11.5 Å². The fraction of sp³-hybridized carbons (Fsp3) is 0.167. The second-order valence-electron chi connectivity index (χ2n) is 11.4. The third-order valence-electron chi connectivity index (χ3n) is 8.43. The van der Waals surface area contributed by atoms with Gasteiger partial charge in [-0.3, -0.25) is 4.99 Å². The average molecular weight is 539 g/mol. The first-order chi connectivity index (χ1) is 19.8. The van der Waals surface area contributed by atoms with E-state index in [9.17, 15) is 4.79 Å². The van der Waals surface area contributed by atoms with Crippen LogP contribution in [0.15, 0.2) is 114 Å². The van der Waals surface area contributed by atoms with Crippen LogP contribution in [0, 0.1) is 0 Å². The predicted molar refractivity (Wildman–Crippen MR) is 166 cm³/mol. The largest absolute Gasteiger partial charge is 0.459 e. The molecule has 0 aliphatic carbocycles. The number of rotatable bonds is 4. The molecule has 2 heterocycles. The van der Waals surface area contributed by atoms with E-state index < -0.39 is 17.1 Å². The Balaban J connectivity index is 1.38. The number of hydrogen-bond donors (Lipinski definition) is 0. The van der Waals surface area contributed by atoms with E-state index in [0.29, 0.717) is 23.6 Å². The molecule has 0 bridgehead atoms. The number of carbonyl (C=O) groups is 1. The summed E-state index contributed by atoms with van der Waals surface area (Å²) in [6.07, 6.45) is 1.97. The van der Waals surface area contributed by atoms with E-state index in [1.54, 1.807) is 13.0 Å². The molecule has 1 spiro atoms. The Bertz CT molecular complexity index is 1910. The molecule has 41 heavy (non-hydrogen) atoms. The van der Waals surface area contributed by atoms with E-state index in [4.69, 9.17) is 14.5 Å². The van der Waals surface area contributed by atoms with Gasteiger partial charge in [0.05, 0.1) is 11.6 Å². The van der Waals surface area contributed by atoms with E-state index in [-0.39, 0.29) is 0 Å². The zero-order valence-electron chi connectivity index (χ0n) is 23.3. The average Bonchev–Trinajstić information content (AvgIpc) is 3.14. The van der Waals surface area contributed by atoms with E-state index >= 15 is 0 Å². The summed E-state index contributed by atoms with van der Waals surface area (Å²) in [5.74, 6) is 0.675. The number of ether oxygens (including phenoxy) is 2. The van der Waals surface area contributed by atoms with Crippen LogP contribution in [0.4, 0.5) is 11.4 Å². The molecule has 5 heteroatoms. The standard InChI is InChI=1S/C36H30N2O3/c1-23(2)34(39)40-28-16-14-25-15-17-32-33(29(25)20-28)37-22-36(41-32)35(3,4)30-18-26-12-8-9-13-27(26)19-31(30)38(36)21-24-10-6-5-7-11-24/h5-20,22H,1,21H2,2-4H3. The molecule has 2 aliphatic heterocycles. The predicted octanol–water partition coefficient (Wildman–Crippen LogP) is 8.26. The van der Waals surface area contributed by atoms with Crippen LogP contribution < -0.4 is 14.4 Å². The minimum Gasteiger partial charge on any atom is -0.459 e. The highest BCUT2D eigenvalue weighted by Crippen LogP contribution is 2.56. The number of carbonyl (C=O) groups excluding carboxylic acids is 1. The lowest BCUT2D eigenvalue weighted by Gasteiger charge is -2.46. The molecular formula is C36H30N2O3. The maximum Gasteiger partial charge on any atom is 0.338 e. The molecule has 0 N–H and O–H groups in total. The Labute approximate surface area is 239 Å². The molecule has 0 amide bonds. The summed E-state index contributed by atoms with van der Waals surface area (Å²) in [6.45, 7) is 10.4. The van der Waals surface area contributed by atoms with Gasteiger partial charge in [0.1, 0.15) is 17.2 Å². The quantitative estimate of drug-likeness (QED) is 0.131. The molecule has 7 rings (SSSR count). The summed E-state index contributed by atoms with van der Waals surface area (Å²) in [6, 6.07) is 33.1. The van der Waals surface area contributed by atoms with Crippen LogP contribution in [-0.4, -0.2) is 17.9 Å². The van der Waals surface area contributed by atoms with Gasteiger partial charge < -0.3 is 14.4 Å². The fourth-order valence-corrected chi connectivity index (χ4v) is 6.13. The van der Waals surface area contributed by atoms with Crippen molar-refractivity contribution in [3.05, 3.63) is 120 Å². The van der Waals surface area contributed by atoms with Crippen LogP contribution in [0.5, 0.6) is 11.5 Å². The second kappa shape index (κ2) is 9.07. The lowest BCUT2D eigenvalue weighted by molar-refractivity contribution is -0.130. The third-order valence-corrected chi connectivity index (χ3v) is 8.43. The van der Waals surface area contributed by atoms with Gasteiger partial charge >= 0.3 is 5.97 Å². The summed E-state index contributed by atoms with van der Waals surface area (Å²) in [5.41, 5.74) is 3.31. The lowest BCUT2D eigenvalue weighted by atomic mass is 9.77. The van der Waals surface area contributed by atoms with E-state index in [1.165, 1.54) is 21.9 Å². The first kappa shape index (κ1) is 25.1. The van der Waals surface area contributed by atoms with Crippen LogP contribution in [0.2, 0.25) is 0 Å². The molecule has 0 fully saturated rings. The van der Waals surface area contributed by atoms with Gasteiger partial charge in [-0.2, -0.15) is 0 Å². The molecule has 1 atom stereocenters. The number of esters is 1. The normalized spacial score (nSPS) is 18.3. The highest BCUT2D eigenvalue weighted by Gasteiger charge is 2.59. The van der Waals surface area contributed by atoms with Crippen LogP contribution in [0.1, 0.15) is 31.9 Å². The molecule has 5 aromatic rings. The monoisotopic (exact) mass is 538 g/mol. The summed E-state index contributed by atoms with van der Waals surface area (Å²) in [5, 5.41) is 4.23. The van der Waals surface area contributed by atoms with Gasteiger partial charge in [0.25, 0.3) is 0 Å². The van der Waals surface area contributed by atoms with Gasteiger partial charge in [-0.05, 0) is 78.4 Å². The first-order valence-corrected chi connectivity index (χ1v) is 13.8. The first-order valence-electron chi connectivity index (χ1n) is 13.8. The molecule has 0 radical (unpaired) electrons. The van der Waals surface area contributed by atoms with Crippen molar-refractivity contribution in [1.82, 2.24) is 0 Å². The molecule has 5 aromatic carbocycles. The number of aliphatic imine (C=N–C) groups is 1. The Hall–Kier alpha value is -4.90. The van der Waals surface area contributed by atoms with E-state index in [1.807, 2.05) is 36.5 Å². The fourth-order valence-electron chi connectivity index (χ4n) is 6.13. The van der Waals surface area contributed by atoms with Crippen molar-refractivity contribution in [1.29, 1.82) is 0 Å². The number of nitrogens with zero attached hydrogens (tertiary/aromatic N) is 2. The van der Waals surface area contributed by atoms with Crippen LogP contribution in [-0.2, 0) is 16.8 Å². The van der Waals surface area contributed by atoms with Crippen LogP contribution >= 0.6 is 0 Å². The second-order valence-corrected chi connectivity index (χ2v) is 11.4. The molecule has 1 unspecified atom stereocenters. The molecule has 2 aliphatic rings. The smallest absolute Gasteiger partial charge is 0.338 e. The van der Waals surface area contributed by atoms with Crippen molar-refractivity contribution >= 4 is 45.1 Å². The summed E-state index contributed by atoms with van der Waals surface area (Å²) in [7, 11) is 0. The van der Waals surface area contributed by atoms with Crippen molar-refractivity contribution in [2.75, 3.05) is 4.90 Å². The zero-order chi connectivity index (χ0) is 28.4. The van der Waals surface area contributed by atoms with E-state index in [2.05, 4.69) is 86.0 Å². The van der Waals surface area contributed by atoms with Gasteiger partial charge in [-0.15, -0.1) is 0 Å². The summed E-state index contributed by atoms with van der Waals surface area (Å²) < 4.78 is 12.6. The molecule has 0 aromatic heterocycles. The lowest BCUT2D eigenvalue weighted by Crippen LogP contribution is -2.61. The van der Waals surface area contributed by atoms with Gasteiger partial charge in [-0.25, -0.2) is 4.79 Å². The third kappa shape index (κ3) is 3.84. The molecule has 0 saturated heterocycles. The van der Waals surface area contributed by atoms with Gasteiger partial charge in [-0.1, -0.05) is 73.3 Å². The summed E-state index contributed by atoms with van der Waals surface area (Å²) >= 11 is 0. The van der Waals surface area contributed by atoms with Crippen LogP contribution in [0.25, 0.3) is 21.5 Å². The molecule has 0 saturated carbocycles. The minimum atomic E-state index is -0.868. The number of hydrogen-bond acceptors (Lipinski definition) is 5. The van der Waals surface area contributed by atoms with E-state index in [0.717, 1.165) is 22.1 Å². The summed E-state index contributed by atoms with van der Waals surface area (Å²) in [4.78, 5) is 19.6. The topological polar surface area (TPSA) is 51.1 Å². The van der Waals surface area contributed by atoms with Gasteiger partial charge in [0.2, 0.25) is 5.72 Å². The zero-order valence-corrected chi connectivity index (χ0v) is 23.3. The number of anilines is 1. The highest BCUT2D eigenvalue weighted by atomic mass is 16.5. The van der Waals surface area contributed by atoms with Crippen molar-refractivity contribution in [3.63, 3.8) is 0 Å². The van der Waals surface area contributed by atoms with Gasteiger partial charge in [0, 0.05) is 23.2 Å². The Morgan fingerprint density at radius 1 is 0.902 bits per heavy atom. The number of fused-ring (bicyclic) bond motifs is 5. The van der Waals surface area contributed by atoms with Crippen molar-refractivity contribution < 1.29 is 14.3 Å². The molecule has 202 valence electrons. The maximum atomic E-state index is 12.2. The van der Waals surface area contributed by atoms with Crippen LogP contribution in [0.3, 0.4) is 0 Å². The number of benzene rings is 5. The van der Waals surface area contributed by atoms with Crippen molar-refractivity contribution in [2.45, 2.75) is 38.5 Å². The van der Waals surface area contributed by atoms with Gasteiger partial charge in [0.15, 0.2) is 0 Å². The maximum absolute atomic E-state index is 12.2. The minimum absolute atomic E-state index is 0.345. The molecule has 5 nitrogen and oxygen atoms in total. The highest BCUT2D eigenvalue weighted by molar-refractivity contribution is 6.01. The van der Waals surface area contributed by atoms with Crippen molar-refractivity contribution in [2.24, 2.45) is 4.99 Å². The Morgan fingerprint density at radius 3 is 2.37 bits per heavy atom. The Morgan fingerprint density at radius 2 is 1.61 bits per heavy atom.